The average Bonchev–Trinajstić information content (AvgIpc) is 2.98. The Labute approximate surface area is 146 Å². The number of rotatable bonds is 4. The smallest absolute Gasteiger partial charge is 0.252 e. The minimum Gasteiger partial charge on any atom is -0.497 e. The van der Waals surface area contributed by atoms with E-state index in [4.69, 9.17) is 4.74 Å². The second-order valence-corrected chi connectivity index (χ2v) is 9.26. The first-order chi connectivity index (χ1) is 11.4. The van der Waals surface area contributed by atoms with Gasteiger partial charge in [-0.15, -0.1) is 0 Å². The summed E-state index contributed by atoms with van der Waals surface area (Å²) in [6.07, 6.45) is 0.221. The van der Waals surface area contributed by atoms with Gasteiger partial charge in [0.1, 0.15) is 5.75 Å². The first-order valence-electron chi connectivity index (χ1n) is 7.80. The number of methoxy groups -OCH3 is 1. The molecule has 0 radical (unpaired) electrons. The molecule has 2 aliphatic rings. The molecule has 2 heterocycles. The lowest BCUT2D eigenvalue weighted by Gasteiger charge is -2.22. The monoisotopic (exact) mass is 368 g/mol. The average molecular weight is 368 g/mol. The van der Waals surface area contributed by atoms with E-state index >= 15 is 0 Å². The second kappa shape index (κ2) is 6.76. The number of thioether (sulfide) groups is 1. The zero-order valence-electron chi connectivity index (χ0n) is 13.6. The summed E-state index contributed by atoms with van der Waals surface area (Å²) in [4.78, 5) is 18.4. The normalized spacial score (nSPS) is 26.6. The largest absolute Gasteiger partial charge is 0.497 e. The Balaban J connectivity index is 1.70. The molecule has 0 spiro atoms. The number of aliphatic imine (C=N–C) groups is 1. The Bertz CT molecular complexity index is 759. The fourth-order valence-corrected chi connectivity index (χ4v) is 7.10. The summed E-state index contributed by atoms with van der Waals surface area (Å²) in [6.45, 7) is 2.61. The Kier molecular flexibility index (Phi) is 4.87. The van der Waals surface area contributed by atoms with Crippen LogP contribution in [0.1, 0.15) is 12.5 Å². The van der Waals surface area contributed by atoms with Crippen LogP contribution in [-0.4, -0.2) is 60.8 Å². The molecule has 0 bridgehead atoms. The first-order valence-corrected chi connectivity index (χ1v) is 10.5. The SMILES string of the molecule is CCN1C(=NC(=O)Cc2ccc(OC)cc2)S[C@H]2CS(=O)(=O)C[C@@H]21. The number of carbonyl (C=O) groups is 1. The Hall–Kier alpha value is -1.54. The third kappa shape index (κ3) is 3.59. The van der Waals surface area contributed by atoms with Crippen LogP contribution in [0.4, 0.5) is 0 Å². The predicted molar refractivity (Wildman–Crippen MR) is 95.3 cm³/mol. The van der Waals surface area contributed by atoms with Crippen LogP contribution in [0.3, 0.4) is 0 Å². The van der Waals surface area contributed by atoms with Crippen molar-refractivity contribution in [1.29, 1.82) is 0 Å². The van der Waals surface area contributed by atoms with Crippen molar-refractivity contribution in [1.82, 2.24) is 4.90 Å². The van der Waals surface area contributed by atoms with E-state index in [1.165, 1.54) is 11.8 Å². The fraction of sp³-hybridized carbons (Fsp3) is 0.500. The summed E-state index contributed by atoms with van der Waals surface area (Å²) in [5, 5.41) is 0.642. The topological polar surface area (TPSA) is 76.0 Å². The van der Waals surface area contributed by atoms with Crippen molar-refractivity contribution in [3.05, 3.63) is 29.8 Å². The minimum absolute atomic E-state index is 0.0116. The van der Waals surface area contributed by atoms with E-state index in [-0.39, 0.29) is 35.1 Å². The summed E-state index contributed by atoms with van der Waals surface area (Å²) in [7, 11) is -1.37. The molecule has 24 heavy (non-hydrogen) atoms. The lowest BCUT2D eigenvalue weighted by molar-refractivity contribution is -0.117. The molecule has 1 amide bonds. The quantitative estimate of drug-likeness (QED) is 0.799. The van der Waals surface area contributed by atoms with E-state index in [0.29, 0.717) is 11.7 Å². The molecule has 0 saturated carbocycles. The lowest BCUT2D eigenvalue weighted by Crippen LogP contribution is -2.37. The summed E-state index contributed by atoms with van der Waals surface area (Å²) >= 11 is 1.42. The van der Waals surface area contributed by atoms with E-state index in [2.05, 4.69) is 4.99 Å². The van der Waals surface area contributed by atoms with Gasteiger partial charge in [0.2, 0.25) is 0 Å². The zero-order valence-corrected chi connectivity index (χ0v) is 15.3. The third-order valence-electron chi connectivity index (χ3n) is 4.25. The van der Waals surface area contributed by atoms with Crippen molar-refractivity contribution in [2.24, 2.45) is 4.99 Å². The van der Waals surface area contributed by atoms with Crippen molar-refractivity contribution in [2.75, 3.05) is 25.2 Å². The van der Waals surface area contributed by atoms with Gasteiger partial charge in [0.05, 0.1) is 31.1 Å². The molecule has 3 rings (SSSR count). The van der Waals surface area contributed by atoms with Crippen molar-refractivity contribution in [2.45, 2.75) is 24.6 Å². The number of ether oxygens (including phenoxy) is 1. The number of carbonyl (C=O) groups excluding carboxylic acids is 1. The van der Waals surface area contributed by atoms with E-state index < -0.39 is 9.84 Å². The molecule has 0 aliphatic carbocycles. The first kappa shape index (κ1) is 17.3. The lowest BCUT2D eigenvalue weighted by atomic mass is 10.1. The van der Waals surface area contributed by atoms with Gasteiger partial charge in [-0.05, 0) is 24.6 Å². The molecule has 8 heteroatoms. The molecule has 1 aromatic rings. The van der Waals surface area contributed by atoms with Crippen LogP contribution >= 0.6 is 11.8 Å². The molecule has 0 N–H and O–H groups in total. The molecule has 2 atom stereocenters. The van der Waals surface area contributed by atoms with Gasteiger partial charge in [-0.3, -0.25) is 4.79 Å². The molecular weight excluding hydrogens is 348 g/mol. The van der Waals surface area contributed by atoms with Crippen LogP contribution in [0.25, 0.3) is 0 Å². The molecule has 2 saturated heterocycles. The summed E-state index contributed by atoms with van der Waals surface area (Å²) < 4.78 is 28.6. The molecule has 0 aromatic heterocycles. The molecular formula is C16H20N2O4S2. The van der Waals surface area contributed by atoms with Crippen LogP contribution in [-0.2, 0) is 21.1 Å². The van der Waals surface area contributed by atoms with Crippen LogP contribution in [0.15, 0.2) is 29.3 Å². The maximum Gasteiger partial charge on any atom is 0.252 e. The molecule has 2 fully saturated rings. The highest BCUT2D eigenvalue weighted by molar-refractivity contribution is 8.15. The van der Waals surface area contributed by atoms with Crippen molar-refractivity contribution in [3.63, 3.8) is 0 Å². The van der Waals surface area contributed by atoms with Gasteiger partial charge in [0, 0.05) is 11.8 Å². The van der Waals surface area contributed by atoms with Gasteiger partial charge in [0.25, 0.3) is 5.91 Å². The summed E-state index contributed by atoms with van der Waals surface area (Å²) in [5.41, 5.74) is 0.874. The van der Waals surface area contributed by atoms with Gasteiger partial charge >= 0.3 is 0 Å². The molecule has 2 aliphatic heterocycles. The fourth-order valence-electron chi connectivity index (χ4n) is 3.07. The minimum atomic E-state index is -2.97. The number of benzene rings is 1. The Morgan fingerprint density at radius 3 is 2.67 bits per heavy atom. The number of hydrogen-bond acceptors (Lipinski definition) is 5. The van der Waals surface area contributed by atoms with Gasteiger partial charge in [-0.1, -0.05) is 23.9 Å². The van der Waals surface area contributed by atoms with Crippen molar-refractivity contribution < 1.29 is 17.9 Å². The van der Waals surface area contributed by atoms with Gasteiger partial charge in [-0.2, -0.15) is 4.99 Å². The number of nitrogens with zero attached hydrogens (tertiary/aromatic N) is 2. The number of hydrogen-bond donors (Lipinski definition) is 0. The van der Waals surface area contributed by atoms with Gasteiger partial charge in [0.15, 0.2) is 15.0 Å². The van der Waals surface area contributed by atoms with Crippen molar-refractivity contribution in [3.8, 4) is 5.75 Å². The summed E-state index contributed by atoms with van der Waals surface area (Å²) in [6, 6.07) is 7.26. The second-order valence-electron chi connectivity index (χ2n) is 5.90. The van der Waals surface area contributed by atoms with E-state index in [1.54, 1.807) is 7.11 Å². The standard InChI is InChI=1S/C16H20N2O4S2/c1-3-18-13-9-24(20,21)10-14(13)23-16(18)17-15(19)8-11-4-6-12(22-2)7-5-11/h4-7,13-14H,3,8-10H2,1-2H3/t13-,14-/m0/s1. The van der Waals surface area contributed by atoms with Crippen molar-refractivity contribution >= 4 is 32.7 Å². The summed E-state index contributed by atoms with van der Waals surface area (Å²) in [5.74, 6) is 0.855. The number of fused-ring (bicyclic) bond motifs is 1. The molecule has 1 aromatic carbocycles. The number of amides is 1. The predicted octanol–water partition coefficient (Wildman–Crippen LogP) is 1.35. The highest BCUT2D eigenvalue weighted by atomic mass is 32.2. The number of amidine groups is 1. The van der Waals surface area contributed by atoms with Crippen LogP contribution < -0.4 is 4.74 Å². The zero-order chi connectivity index (χ0) is 17.3. The van der Waals surface area contributed by atoms with Crippen LogP contribution in [0.5, 0.6) is 5.75 Å². The van der Waals surface area contributed by atoms with E-state index in [1.807, 2.05) is 36.1 Å². The van der Waals surface area contributed by atoms with Crippen LogP contribution in [0.2, 0.25) is 0 Å². The van der Waals surface area contributed by atoms with E-state index in [0.717, 1.165) is 11.3 Å². The van der Waals surface area contributed by atoms with E-state index in [9.17, 15) is 13.2 Å². The Morgan fingerprint density at radius 1 is 1.33 bits per heavy atom. The molecule has 6 nitrogen and oxygen atoms in total. The highest BCUT2D eigenvalue weighted by Gasteiger charge is 2.48. The van der Waals surface area contributed by atoms with Gasteiger partial charge in [-0.25, -0.2) is 8.42 Å². The third-order valence-corrected chi connectivity index (χ3v) is 7.50. The Morgan fingerprint density at radius 2 is 2.04 bits per heavy atom. The maximum atomic E-state index is 12.3. The molecule has 130 valence electrons. The molecule has 0 unspecified atom stereocenters. The van der Waals surface area contributed by atoms with Gasteiger partial charge < -0.3 is 9.64 Å². The number of sulfone groups is 1. The van der Waals surface area contributed by atoms with Crippen LogP contribution in [0, 0.1) is 0 Å². The highest BCUT2D eigenvalue weighted by Crippen LogP contribution is 2.37. The maximum absolute atomic E-state index is 12.3.